The summed E-state index contributed by atoms with van der Waals surface area (Å²) in [6.45, 7) is 1.35. The third kappa shape index (κ3) is 4.13. The van der Waals surface area contributed by atoms with Gasteiger partial charge in [0.15, 0.2) is 0 Å². The molecule has 108 valence electrons. The van der Waals surface area contributed by atoms with Gasteiger partial charge < -0.3 is 9.64 Å². The summed E-state index contributed by atoms with van der Waals surface area (Å²) in [5, 5.41) is 0. The van der Waals surface area contributed by atoms with Gasteiger partial charge in [0.25, 0.3) is 0 Å². The minimum absolute atomic E-state index is 0.121. The highest BCUT2D eigenvalue weighted by atomic mass is 32.2. The van der Waals surface area contributed by atoms with Crippen molar-refractivity contribution in [3.63, 3.8) is 0 Å². The lowest BCUT2D eigenvalue weighted by Crippen LogP contribution is -2.43. The number of rotatable bonds is 3. The van der Waals surface area contributed by atoms with E-state index in [0.29, 0.717) is 18.9 Å². The highest BCUT2D eigenvalue weighted by Crippen LogP contribution is 2.27. The molecule has 0 N–H and O–H groups in total. The van der Waals surface area contributed by atoms with E-state index in [4.69, 9.17) is 4.74 Å². The molecule has 1 atom stereocenters. The van der Waals surface area contributed by atoms with Crippen LogP contribution in [0.2, 0.25) is 0 Å². The molecule has 2 fully saturated rings. The van der Waals surface area contributed by atoms with Crippen LogP contribution >= 0.6 is 11.8 Å². The van der Waals surface area contributed by atoms with Crippen molar-refractivity contribution in [1.29, 1.82) is 0 Å². The van der Waals surface area contributed by atoms with Crippen LogP contribution in [0.15, 0.2) is 0 Å². The maximum absolute atomic E-state index is 12.3. The zero-order chi connectivity index (χ0) is 13.7. The van der Waals surface area contributed by atoms with Gasteiger partial charge in [-0.25, -0.2) is 0 Å². The molecule has 0 radical (unpaired) electrons. The van der Waals surface area contributed by atoms with Crippen LogP contribution in [-0.2, 0) is 14.3 Å². The first-order chi connectivity index (χ1) is 9.20. The average Bonchev–Trinajstić information content (AvgIpc) is 2.47. The van der Waals surface area contributed by atoms with Crippen molar-refractivity contribution in [3.05, 3.63) is 0 Å². The Morgan fingerprint density at radius 3 is 2.68 bits per heavy atom. The summed E-state index contributed by atoms with van der Waals surface area (Å²) >= 11 is 1.98. The fourth-order valence-electron chi connectivity index (χ4n) is 2.89. The lowest BCUT2D eigenvalue weighted by atomic mass is 9.95. The number of likely N-dealkylation sites (tertiary alicyclic amines) is 1. The van der Waals surface area contributed by atoms with Crippen LogP contribution in [0.3, 0.4) is 0 Å². The summed E-state index contributed by atoms with van der Waals surface area (Å²) in [5.41, 5.74) is 0. The van der Waals surface area contributed by atoms with E-state index in [1.807, 2.05) is 16.7 Å². The predicted molar refractivity (Wildman–Crippen MR) is 76.0 cm³/mol. The summed E-state index contributed by atoms with van der Waals surface area (Å²) in [5.74, 6) is 2.85. The second-order valence-electron chi connectivity index (χ2n) is 5.46. The molecular weight excluding hydrogens is 262 g/mol. The first-order valence-electron chi connectivity index (χ1n) is 7.14. The number of esters is 1. The maximum atomic E-state index is 12.3. The van der Waals surface area contributed by atoms with E-state index >= 15 is 0 Å². The van der Waals surface area contributed by atoms with Crippen LogP contribution in [0, 0.1) is 11.8 Å². The first-order valence-corrected chi connectivity index (χ1v) is 8.29. The number of thioether (sulfide) groups is 1. The van der Waals surface area contributed by atoms with Gasteiger partial charge >= 0.3 is 5.97 Å². The van der Waals surface area contributed by atoms with Gasteiger partial charge in [-0.15, -0.1) is 0 Å². The van der Waals surface area contributed by atoms with E-state index in [1.165, 1.54) is 18.6 Å². The lowest BCUT2D eigenvalue weighted by molar-refractivity contribution is -0.149. The largest absolute Gasteiger partial charge is 0.469 e. The number of hydrogen-bond donors (Lipinski definition) is 0. The van der Waals surface area contributed by atoms with Crippen LogP contribution in [0.5, 0.6) is 0 Å². The molecule has 0 bridgehead atoms. The molecule has 0 spiro atoms. The van der Waals surface area contributed by atoms with Gasteiger partial charge in [0.05, 0.1) is 13.0 Å². The molecular formula is C14H23NO3S. The van der Waals surface area contributed by atoms with Crippen LogP contribution in [0.1, 0.15) is 32.1 Å². The average molecular weight is 285 g/mol. The topological polar surface area (TPSA) is 46.6 Å². The highest BCUT2D eigenvalue weighted by molar-refractivity contribution is 7.99. The lowest BCUT2D eigenvalue weighted by Gasteiger charge is -2.33. The van der Waals surface area contributed by atoms with E-state index < -0.39 is 0 Å². The van der Waals surface area contributed by atoms with Gasteiger partial charge in [0.2, 0.25) is 5.91 Å². The van der Waals surface area contributed by atoms with Gasteiger partial charge in [-0.2, -0.15) is 11.8 Å². The second-order valence-corrected chi connectivity index (χ2v) is 6.69. The van der Waals surface area contributed by atoms with Crippen molar-refractivity contribution in [2.45, 2.75) is 32.1 Å². The van der Waals surface area contributed by atoms with Gasteiger partial charge in [-0.3, -0.25) is 9.59 Å². The SMILES string of the molecule is COC(=O)C1CCCN(C(=O)CC2CCSCC2)C1. The number of ether oxygens (including phenoxy) is 1. The standard InChI is InChI=1S/C14H23NO3S/c1-18-14(17)12-3-2-6-15(10-12)13(16)9-11-4-7-19-8-5-11/h11-12H,2-10H2,1H3. The Morgan fingerprint density at radius 2 is 2.00 bits per heavy atom. The van der Waals surface area contributed by atoms with Crippen molar-refractivity contribution in [3.8, 4) is 0 Å². The molecule has 4 nitrogen and oxygen atoms in total. The Bertz CT molecular complexity index is 329. The Kier molecular flexibility index (Phi) is 5.55. The quantitative estimate of drug-likeness (QED) is 0.743. The number of nitrogens with zero attached hydrogens (tertiary/aromatic N) is 1. The Hall–Kier alpha value is -0.710. The van der Waals surface area contributed by atoms with Gasteiger partial charge in [0, 0.05) is 19.5 Å². The van der Waals surface area contributed by atoms with Crippen molar-refractivity contribution in [2.75, 3.05) is 31.7 Å². The molecule has 2 rings (SSSR count). The molecule has 0 saturated carbocycles. The number of methoxy groups -OCH3 is 1. The molecule has 1 amide bonds. The normalized spacial score (nSPS) is 25.1. The van der Waals surface area contributed by atoms with Crippen molar-refractivity contribution in [2.24, 2.45) is 11.8 Å². The Labute approximate surface area is 119 Å². The van der Waals surface area contributed by atoms with Crippen LogP contribution in [0.25, 0.3) is 0 Å². The number of carbonyl (C=O) groups is 2. The van der Waals surface area contributed by atoms with Crippen molar-refractivity contribution in [1.82, 2.24) is 4.90 Å². The number of carbonyl (C=O) groups excluding carboxylic acids is 2. The molecule has 1 unspecified atom stereocenters. The third-order valence-electron chi connectivity index (χ3n) is 4.11. The Balaban J connectivity index is 1.82. The highest BCUT2D eigenvalue weighted by Gasteiger charge is 2.30. The molecule has 2 heterocycles. The monoisotopic (exact) mass is 285 g/mol. The number of hydrogen-bond acceptors (Lipinski definition) is 4. The zero-order valence-electron chi connectivity index (χ0n) is 11.6. The van der Waals surface area contributed by atoms with Gasteiger partial charge in [-0.05, 0) is 43.1 Å². The summed E-state index contributed by atoms with van der Waals surface area (Å²) in [6.07, 6.45) is 4.73. The van der Waals surface area contributed by atoms with Gasteiger partial charge in [-0.1, -0.05) is 0 Å². The minimum Gasteiger partial charge on any atom is -0.469 e. The molecule has 0 aliphatic carbocycles. The predicted octanol–water partition coefficient (Wildman–Crippen LogP) is 1.93. The molecule has 5 heteroatoms. The van der Waals surface area contributed by atoms with Crippen LogP contribution in [0.4, 0.5) is 0 Å². The Morgan fingerprint density at radius 1 is 1.26 bits per heavy atom. The fraction of sp³-hybridized carbons (Fsp3) is 0.857. The summed E-state index contributed by atoms with van der Waals surface area (Å²) in [7, 11) is 1.42. The van der Waals surface area contributed by atoms with E-state index in [1.54, 1.807) is 0 Å². The minimum atomic E-state index is -0.174. The molecule has 0 aromatic rings. The molecule has 0 aromatic carbocycles. The molecule has 2 saturated heterocycles. The van der Waals surface area contributed by atoms with Crippen molar-refractivity contribution < 1.29 is 14.3 Å². The third-order valence-corrected chi connectivity index (χ3v) is 5.16. The van der Waals surface area contributed by atoms with E-state index in [0.717, 1.165) is 32.2 Å². The summed E-state index contributed by atoms with van der Waals surface area (Å²) < 4.78 is 4.79. The maximum Gasteiger partial charge on any atom is 0.310 e. The molecule has 0 aromatic heterocycles. The number of piperidine rings is 1. The van der Waals surface area contributed by atoms with Crippen LogP contribution in [-0.4, -0.2) is 48.5 Å². The molecule has 2 aliphatic rings. The summed E-state index contributed by atoms with van der Waals surface area (Å²) in [6, 6.07) is 0. The molecule has 2 aliphatic heterocycles. The van der Waals surface area contributed by atoms with E-state index in [2.05, 4.69) is 0 Å². The fourth-order valence-corrected chi connectivity index (χ4v) is 4.09. The van der Waals surface area contributed by atoms with E-state index in [9.17, 15) is 9.59 Å². The van der Waals surface area contributed by atoms with E-state index in [-0.39, 0.29) is 17.8 Å². The smallest absolute Gasteiger partial charge is 0.310 e. The second kappa shape index (κ2) is 7.17. The molecule has 19 heavy (non-hydrogen) atoms. The first kappa shape index (κ1) is 14.7. The zero-order valence-corrected chi connectivity index (χ0v) is 12.4. The van der Waals surface area contributed by atoms with Crippen LogP contribution < -0.4 is 0 Å². The number of amides is 1. The van der Waals surface area contributed by atoms with Gasteiger partial charge in [0.1, 0.15) is 0 Å². The van der Waals surface area contributed by atoms with Crippen molar-refractivity contribution >= 4 is 23.6 Å². The summed E-state index contributed by atoms with van der Waals surface area (Å²) in [4.78, 5) is 25.7.